The van der Waals surface area contributed by atoms with Crippen molar-refractivity contribution < 1.29 is 14.7 Å². The van der Waals surface area contributed by atoms with Gasteiger partial charge in [-0.2, -0.15) is 0 Å². The zero-order valence-electron chi connectivity index (χ0n) is 11.3. The van der Waals surface area contributed by atoms with Crippen LogP contribution in [0.3, 0.4) is 0 Å². The van der Waals surface area contributed by atoms with Crippen LogP contribution in [0.5, 0.6) is 0 Å². The van der Waals surface area contributed by atoms with E-state index < -0.39 is 5.41 Å². The third-order valence-corrected chi connectivity index (χ3v) is 2.44. The first-order chi connectivity index (χ1) is 7.68. The summed E-state index contributed by atoms with van der Waals surface area (Å²) in [6.45, 7) is 9.01. The number of amides is 2. The lowest BCUT2D eigenvalue weighted by molar-refractivity contribution is -0.131. The molecule has 3 N–H and O–H groups in total. The Morgan fingerprint density at radius 2 is 1.76 bits per heavy atom. The molecule has 5 nitrogen and oxygen atoms in total. The number of hydrogen-bond donors (Lipinski definition) is 3. The molecule has 0 radical (unpaired) electrons. The van der Waals surface area contributed by atoms with Gasteiger partial charge in [-0.1, -0.05) is 34.6 Å². The van der Waals surface area contributed by atoms with E-state index in [0.717, 1.165) is 0 Å². The molecule has 0 aliphatic heterocycles. The maximum atomic E-state index is 11.5. The zero-order chi connectivity index (χ0) is 13.6. The van der Waals surface area contributed by atoms with Crippen LogP contribution in [0.4, 0.5) is 0 Å². The fraction of sp³-hybridized carbons (Fsp3) is 0.833. The van der Waals surface area contributed by atoms with Gasteiger partial charge in [0, 0.05) is 5.41 Å². The van der Waals surface area contributed by atoms with Gasteiger partial charge < -0.3 is 15.7 Å². The van der Waals surface area contributed by atoms with Crippen molar-refractivity contribution in [1.29, 1.82) is 0 Å². The molecule has 0 heterocycles. The van der Waals surface area contributed by atoms with Gasteiger partial charge in [-0.3, -0.25) is 9.59 Å². The summed E-state index contributed by atoms with van der Waals surface area (Å²) in [5.41, 5.74) is -0.505. The van der Waals surface area contributed by atoms with Gasteiger partial charge in [-0.25, -0.2) is 0 Å². The predicted octanol–water partition coefficient (Wildman–Crippen LogP) is 0.282. The van der Waals surface area contributed by atoms with E-state index in [1.165, 1.54) is 0 Å². The molecule has 0 fully saturated rings. The predicted molar refractivity (Wildman–Crippen MR) is 66.3 cm³/mol. The second-order valence-corrected chi connectivity index (χ2v) is 5.53. The highest BCUT2D eigenvalue weighted by molar-refractivity contribution is 5.87. The maximum absolute atomic E-state index is 11.5. The first kappa shape index (κ1) is 15.9. The zero-order valence-corrected chi connectivity index (χ0v) is 11.3. The molecule has 0 saturated heterocycles. The molecule has 0 rings (SSSR count). The summed E-state index contributed by atoms with van der Waals surface area (Å²) >= 11 is 0. The molecule has 2 amide bonds. The van der Waals surface area contributed by atoms with Crippen LogP contribution in [0.2, 0.25) is 0 Å². The number of hydrogen-bond acceptors (Lipinski definition) is 3. The number of carbonyl (C=O) groups is 2. The molecule has 0 aromatic rings. The van der Waals surface area contributed by atoms with Crippen LogP contribution in [0.25, 0.3) is 0 Å². The smallest absolute Gasteiger partial charge is 0.239 e. The van der Waals surface area contributed by atoms with Gasteiger partial charge in [-0.15, -0.1) is 0 Å². The highest BCUT2D eigenvalue weighted by Gasteiger charge is 2.22. The summed E-state index contributed by atoms with van der Waals surface area (Å²) < 4.78 is 0. The summed E-state index contributed by atoms with van der Waals surface area (Å²) in [5, 5.41) is 14.3. The van der Waals surface area contributed by atoms with Crippen molar-refractivity contribution in [2.24, 2.45) is 11.3 Å². The Balaban J connectivity index is 4.08. The Morgan fingerprint density at radius 3 is 2.12 bits per heavy atom. The standard InChI is InChI=1S/C12H24N2O3/c1-8(2)9(7-15)14-10(16)6-13-11(17)12(3,4)5/h8-9,15H,6-7H2,1-5H3,(H,13,17)(H,14,16). The number of nitrogens with one attached hydrogen (secondary N) is 2. The molecule has 17 heavy (non-hydrogen) atoms. The lowest BCUT2D eigenvalue weighted by atomic mass is 9.96. The minimum absolute atomic E-state index is 0.0562. The molecule has 0 aliphatic rings. The maximum Gasteiger partial charge on any atom is 0.239 e. The average Bonchev–Trinajstić information content (AvgIpc) is 2.20. The Bertz CT molecular complexity index is 269. The van der Waals surface area contributed by atoms with E-state index in [1.807, 2.05) is 13.8 Å². The van der Waals surface area contributed by atoms with E-state index in [-0.39, 0.29) is 36.9 Å². The van der Waals surface area contributed by atoms with Gasteiger partial charge in [0.1, 0.15) is 0 Å². The van der Waals surface area contributed by atoms with Gasteiger partial charge >= 0.3 is 0 Å². The third kappa shape index (κ3) is 6.26. The van der Waals surface area contributed by atoms with E-state index in [2.05, 4.69) is 10.6 Å². The highest BCUT2D eigenvalue weighted by atomic mass is 16.3. The fourth-order valence-corrected chi connectivity index (χ4v) is 1.11. The molecule has 0 aromatic carbocycles. The molecule has 1 atom stereocenters. The minimum atomic E-state index is -0.505. The van der Waals surface area contributed by atoms with Crippen molar-refractivity contribution in [2.75, 3.05) is 13.2 Å². The van der Waals surface area contributed by atoms with E-state index in [0.29, 0.717) is 0 Å². The summed E-state index contributed by atoms with van der Waals surface area (Å²) in [5.74, 6) is -0.296. The number of rotatable bonds is 5. The normalized spacial score (nSPS) is 13.4. The second-order valence-electron chi connectivity index (χ2n) is 5.53. The van der Waals surface area contributed by atoms with Gasteiger partial charge in [0.2, 0.25) is 11.8 Å². The van der Waals surface area contributed by atoms with Crippen molar-refractivity contribution in [3.63, 3.8) is 0 Å². The Kier molecular flexibility index (Phi) is 6.16. The molecular weight excluding hydrogens is 220 g/mol. The molecule has 1 unspecified atom stereocenters. The van der Waals surface area contributed by atoms with Crippen LogP contribution >= 0.6 is 0 Å². The number of aliphatic hydroxyl groups excluding tert-OH is 1. The molecular formula is C12H24N2O3. The van der Waals surface area contributed by atoms with Crippen LogP contribution in [0.1, 0.15) is 34.6 Å². The topological polar surface area (TPSA) is 78.4 Å². The lowest BCUT2D eigenvalue weighted by Gasteiger charge is -2.21. The van der Waals surface area contributed by atoms with E-state index in [9.17, 15) is 9.59 Å². The highest BCUT2D eigenvalue weighted by Crippen LogP contribution is 2.11. The van der Waals surface area contributed by atoms with Gasteiger partial charge in [0.05, 0.1) is 19.2 Å². The van der Waals surface area contributed by atoms with Crippen LogP contribution in [-0.4, -0.2) is 36.1 Å². The quantitative estimate of drug-likeness (QED) is 0.650. The summed E-state index contributed by atoms with van der Waals surface area (Å²) in [6, 6.07) is -0.269. The summed E-state index contributed by atoms with van der Waals surface area (Å²) in [4.78, 5) is 23.0. The molecule has 0 aromatic heterocycles. The van der Waals surface area contributed by atoms with Crippen LogP contribution in [0, 0.1) is 11.3 Å². The molecule has 0 aliphatic carbocycles. The van der Waals surface area contributed by atoms with Crippen LogP contribution < -0.4 is 10.6 Å². The monoisotopic (exact) mass is 244 g/mol. The Morgan fingerprint density at radius 1 is 1.24 bits per heavy atom. The van der Waals surface area contributed by atoms with Gasteiger partial charge in [0.15, 0.2) is 0 Å². The van der Waals surface area contributed by atoms with E-state index in [1.54, 1.807) is 20.8 Å². The van der Waals surface area contributed by atoms with Crippen LogP contribution in [-0.2, 0) is 9.59 Å². The first-order valence-electron chi connectivity index (χ1n) is 5.87. The van der Waals surface area contributed by atoms with Crippen molar-refractivity contribution in [3.05, 3.63) is 0 Å². The molecule has 0 spiro atoms. The minimum Gasteiger partial charge on any atom is -0.394 e. The Labute approximate surface area is 103 Å². The SMILES string of the molecule is CC(C)C(CO)NC(=O)CNC(=O)C(C)(C)C. The first-order valence-corrected chi connectivity index (χ1v) is 5.87. The second kappa shape index (κ2) is 6.59. The lowest BCUT2D eigenvalue weighted by Crippen LogP contribution is -2.47. The average molecular weight is 244 g/mol. The molecule has 0 bridgehead atoms. The van der Waals surface area contributed by atoms with Gasteiger partial charge in [0.25, 0.3) is 0 Å². The summed E-state index contributed by atoms with van der Waals surface area (Å²) in [7, 11) is 0. The van der Waals surface area contributed by atoms with Crippen molar-refractivity contribution >= 4 is 11.8 Å². The van der Waals surface area contributed by atoms with E-state index >= 15 is 0 Å². The number of carbonyl (C=O) groups excluding carboxylic acids is 2. The van der Waals surface area contributed by atoms with Crippen molar-refractivity contribution in [3.8, 4) is 0 Å². The fourth-order valence-electron chi connectivity index (χ4n) is 1.11. The molecule has 100 valence electrons. The molecule has 5 heteroatoms. The van der Waals surface area contributed by atoms with Crippen molar-refractivity contribution in [2.45, 2.75) is 40.7 Å². The number of aliphatic hydroxyl groups is 1. The van der Waals surface area contributed by atoms with E-state index in [4.69, 9.17) is 5.11 Å². The third-order valence-electron chi connectivity index (χ3n) is 2.44. The summed E-state index contributed by atoms with van der Waals surface area (Å²) in [6.07, 6.45) is 0. The largest absolute Gasteiger partial charge is 0.394 e. The Hall–Kier alpha value is -1.10. The van der Waals surface area contributed by atoms with Gasteiger partial charge in [-0.05, 0) is 5.92 Å². The van der Waals surface area contributed by atoms with Crippen LogP contribution in [0.15, 0.2) is 0 Å². The molecule has 0 saturated carbocycles. The van der Waals surface area contributed by atoms with Crippen molar-refractivity contribution in [1.82, 2.24) is 10.6 Å².